The molecular weight excluding hydrogens is 340 g/mol. The van der Waals surface area contributed by atoms with Gasteiger partial charge in [0.05, 0.1) is 25.4 Å². The van der Waals surface area contributed by atoms with Gasteiger partial charge >= 0.3 is 0 Å². The van der Waals surface area contributed by atoms with Crippen molar-refractivity contribution < 1.29 is 18.9 Å². The highest BCUT2D eigenvalue weighted by Crippen LogP contribution is 2.30. The molecule has 0 N–H and O–H groups in total. The molecule has 4 unspecified atom stereocenters. The van der Waals surface area contributed by atoms with Crippen LogP contribution in [-0.4, -0.2) is 25.4 Å². The Bertz CT molecular complexity index is 616. The summed E-state index contributed by atoms with van der Waals surface area (Å²) in [7, 11) is 0. The number of hydrogen-bond donors (Lipinski definition) is 0. The zero-order valence-electron chi connectivity index (χ0n) is 15.7. The first-order valence-electron chi connectivity index (χ1n) is 10.0. The Hall–Kier alpha value is -1.72. The molecule has 4 atom stereocenters. The number of unbranched alkanes of at least 4 members (excludes halogenated alkanes) is 2. The van der Waals surface area contributed by atoms with E-state index < -0.39 is 0 Å². The van der Waals surface area contributed by atoms with Crippen LogP contribution in [-0.2, 0) is 18.9 Å². The fraction of sp³-hybridized carbons (Fsp3) is 0.478. The average molecular weight is 368 g/mol. The third kappa shape index (κ3) is 5.17. The Morgan fingerprint density at radius 1 is 0.593 bits per heavy atom. The van der Waals surface area contributed by atoms with Gasteiger partial charge in [0.1, 0.15) is 0 Å². The van der Waals surface area contributed by atoms with Gasteiger partial charge in [0.2, 0.25) is 0 Å². The number of hydrogen-bond acceptors (Lipinski definition) is 4. The largest absolute Gasteiger partial charge is 0.346 e. The highest BCUT2D eigenvalue weighted by atomic mass is 16.7. The van der Waals surface area contributed by atoms with E-state index in [1.54, 1.807) is 0 Å². The van der Waals surface area contributed by atoms with Crippen molar-refractivity contribution in [2.24, 2.45) is 0 Å². The second kappa shape index (κ2) is 9.47. The molecule has 2 saturated heterocycles. The smallest absolute Gasteiger partial charge is 0.184 e. The van der Waals surface area contributed by atoms with Crippen LogP contribution < -0.4 is 0 Å². The van der Waals surface area contributed by atoms with Crippen LogP contribution >= 0.6 is 0 Å². The summed E-state index contributed by atoms with van der Waals surface area (Å²) < 4.78 is 23.6. The maximum absolute atomic E-state index is 6.02. The molecule has 0 aromatic heterocycles. The highest BCUT2D eigenvalue weighted by molar-refractivity contribution is 5.17. The van der Waals surface area contributed by atoms with E-state index in [0.29, 0.717) is 13.2 Å². The third-order valence-corrected chi connectivity index (χ3v) is 5.19. The molecule has 2 aromatic rings. The molecular formula is C23H28O4. The molecule has 0 radical (unpaired) electrons. The normalized spacial score (nSPS) is 27.9. The molecule has 0 saturated carbocycles. The standard InChI is InChI=1S/C23H28O4/c1-4-10-18(11-5-1)22-24-16-20(26-22)14-8-3-9-15-21-17-25-23(27-21)19-12-6-2-7-13-19/h1-2,4-7,10-13,20-23H,3,8-9,14-17H2. The van der Waals surface area contributed by atoms with Crippen LogP contribution in [0, 0.1) is 0 Å². The van der Waals surface area contributed by atoms with Crippen LogP contribution in [0.3, 0.4) is 0 Å². The second-order valence-electron chi connectivity index (χ2n) is 7.31. The van der Waals surface area contributed by atoms with Crippen molar-refractivity contribution >= 4 is 0 Å². The summed E-state index contributed by atoms with van der Waals surface area (Å²) in [5.74, 6) is 0. The summed E-state index contributed by atoms with van der Waals surface area (Å²) in [4.78, 5) is 0. The fourth-order valence-corrected chi connectivity index (χ4v) is 3.69. The van der Waals surface area contributed by atoms with E-state index in [-0.39, 0.29) is 24.8 Å². The average Bonchev–Trinajstić information content (AvgIpc) is 3.39. The van der Waals surface area contributed by atoms with E-state index in [2.05, 4.69) is 24.3 Å². The van der Waals surface area contributed by atoms with Crippen LogP contribution in [0.15, 0.2) is 60.7 Å². The van der Waals surface area contributed by atoms with E-state index in [0.717, 1.165) is 36.8 Å². The lowest BCUT2D eigenvalue weighted by Gasteiger charge is -2.13. The molecule has 2 aromatic carbocycles. The third-order valence-electron chi connectivity index (χ3n) is 5.19. The van der Waals surface area contributed by atoms with E-state index >= 15 is 0 Å². The van der Waals surface area contributed by atoms with Crippen molar-refractivity contribution in [3.8, 4) is 0 Å². The van der Waals surface area contributed by atoms with Crippen molar-refractivity contribution in [2.45, 2.75) is 56.9 Å². The minimum absolute atomic E-state index is 0.199. The Morgan fingerprint density at radius 3 is 1.48 bits per heavy atom. The Kier molecular flexibility index (Phi) is 6.53. The molecule has 0 spiro atoms. The molecule has 4 nitrogen and oxygen atoms in total. The van der Waals surface area contributed by atoms with Crippen molar-refractivity contribution in [3.05, 3.63) is 71.8 Å². The predicted molar refractivity (Wildman–Crippen MR) is 103 cm³/mol. The van der Waals surface area contributed by atoms with Crippen LogP contribution in [0.25, 0.3) is 0 Å². The van der Waals surface area contributed by atoms with Gasteiger partial charge in [0.15, 0.2) is 12.6 Å². The summed E-state index contributed by atoms with van der Waals surface area (Å²) in [6.45, 7) is 1.38. The van der Waals surface area contributed by atoms with Crippen molar-refractivity contribution in [2.75, 3.05) is 13.2 Å². The molecule has 2 fully saturated rings. The first kappa shape index (κ1) is 18.6. The highest BCUT2D eigenvalue weighted by Gasteiger charge is 2.28. The monoisotopic (exact) mass is 368 g/mol. The van der Waals surface area contributed by atoms with Crippen molar-refractivity contribution in [3.63, 3.8) is 0 Å². The molecule has 0 amide bonds. The maximum Gasteiger partial charge on any atom is 0.184 e. The lowest BCUT2D eigenvalue weighted by atomic mass is 10.1. The van der Waals surface area contributed by atoms with Crippen molar-refractivity contribution in [1.29, 1.82) is 0 Å². The van der Waals surface area contributed by atoms with Gasteiger partial charge in [-0.1, -0.05) is 79.9 Å². The van der Waals surface area contributed by atoms with Gasteiger partial charge in [-0.05, 0) is 12.8 Å². The first-order valence-corrected chi connectivity index (χ1v) is 10.0. The van der Waals surface area contributed by atoms with Crippen LogP contribution in [0.1, 0.15) is 55.8 Å². The zero-order valence-corrected chi connectivity index (χ0v) is 15.7. The molecule has 0 bridgehead atoms. The second-order valence-corrected chi connectivity index (χ2v) is 7.31. The lowest BCUT2D eigenvalue weighted by Crippen LogP contribution is -2.11. The van der Waals surface area contributed by atoms with Crippen LogP contribution in [0.5, 0.6) is 0 Å². The Balaban J connectivity index is 1.09. The Morgan fingerprint density at radius 2 is 1.04 bits per heavy atom. The van der Waals surface area contributed by atoms with Gasteiger partial charge in [0, 0.05) is 11.1 Å². The van der Waals surface area contributed by atoms with Gasteiger partial charge < -0.3 is 18.9 Å². The summed E-state index contributed by atoms with van der Waals surface area (Å²) in [6.07, 6.45) is 5.64. The van der Waals surface area contributed by atoms with Gasteiger partial charge in [-0.3, -0.25) is 0 Å². The molecule has 4 rings (SSSR count). The number of ether oxygens (including phenoxy) is 4. The fourth-order valence-electron chi connectivity index (χ4n) is 3.69. The summed E-state index contributed by atoms with van der Waals surface area (Å²) in [6, 6.07) is 20.3. The van der Waals surface area contributed by atoms with Gasteiger partial charge in [-0.2, -0.15) is 0 Å². The molecule has 2 heterocycles. The van der Waals surface area contributed by atoms with E-state index in [4.69, 9.17) is 18.9 Å². The number of rotatable bonds is 8. The minimum atomic E-state index is -0.199. The summed E-state index contributed by atoms with van der Waals surface area (Å²) >= 11 is 0. The topological polar surface area (TPSA) is 36.9 Å². The maximum atomic E-state index is 6.02. The predicted octanol–water partition coefficient (Wildman–Crippen LogP) is 5.17. The number of benzene rings is 2. The summed E-state index contributed by atoms with van der Waals surface area (Å²) in [5, 5.41) is 0. The van der Waals surface area contributed by atoms with Gasteiger partial charge in [-0.25, -0.2) is 0 Å². The SMILES string of the molecule is c1ccc(C2OCC(CCCCCC3COC(c4ccccc4)O3)O2)cc1. The van der Waals surface area contributed by atoms with Gasteiger partial charge in [-0.15, -0.1) is 0 Å². The zero-order chi connectivity index (χ0) is 18.3. The molecule has 2 aliphatic rings. The molecule has 27 heavy (non-hydrogen) atoms. The quantitative estimate of drug-likeness (QED) is 0.603. The summed E-state index contributed by atoms with van der Waals surface area (Å²) in [5.41, 5.74) is 2.21. The van der Waals surface area contributed by atoms with Gasteiger partial charge in [0.25, 0.3) is 0 Å². The molecule has 2 aliphatic heterocycles. The molecule has 4 heteroatoms. The first-order chi connectivity index (χ1) is 13.4. The van der Waals surface area contributed by atoms with E-state index in [1.165, 1.54) is 6.42 Å². The van der Waals surface area contributed by atoms with Crippen LogP contribution in [0.4, 0.5) is 0 Å². The minimum Gasteiger partial charge on any atom is -0.346 e. The Labute approximate surface area is 161 Å². The van der Waals surface area contributed by atoms with Crippen molar-refractivity contribution in [1.82, 2.24) is 0 Å². The van der Waals surface area contributed by atoms with Crippen LogP contribution in [0.2, 0.25) is 0 Å². The van der Waals surface area contributed by atoms with E-state index in [9.17, 15) is 0 Å². The van der Waals surface area contributed by atoms with E-state index in [1.807, 2.05) is 36.4 Å². The molecule has 144 valence electrons. The lowest BCUT2D eigenvalue weighted by molar-refractivity contribution is -0.0621. The molecule has 0 aliphatic carbocycles.